The quantitative estimate of drug-likeness (QED) is 0.287. The molecule has 0 aliphatic rings. The van der Waals surface area contributed by atoms with Gasteiger partial charge in [-0.3, -0.25) is 4.79 Å². The molecule has 0 fully saturated rings. The van der Waals surface area contributed by atoms with Gasteiger partial charge in [-0.2, -0.15) is 0 Å². The van der Waals surface area contributed by atoms with E-state index in [1.807, 2.05) is 0 Å². The van der Waals surface area contributed by atoms with Crippen LogP contribution >= 0.6 is 0 Å². The Morgan fingerprint density at radius 2 is 1.11 bits per heavy atom. The van der Waals surface area contributed by atoms with E-state index in [1.165, 1.54) is 77.6 Å². The minimum absolute atomic E-state index is 0. The Labute approximate surface area is 150 Å². The zero-order valence-electron chi connectivity index (χ0n) is 12.5. The van der Waals surface area contributed by atoms with E-state index in [0.717, 1.165) is 6.42 Å². The molecule has 0 aromatic carbocycles. The van der Waals surface area contributed by atoms with Crippen LogP contribution in [-0.2, 0) is 9.53 Å². The Kier molecular flexibility index (Phi) is 21.7. The molecule has 112 valence electrons. The monoisotopic (exact) mass is 298 g/mol. The van der Waals surface area contributed by atoms with Crippen LogP contribution in [0.25, 0.3) is 0 Å². The molecule has 0 bridgehead atoms. The molecule has 0 rings (SSSR count). The summed E-state index contributed by atoms with van der Waals surface area (Å²) in [6, 6.07) is 0. The fourth-order valence-electron chi connectivity index (χ4n) is 2.16. The van der Waals surface area contributed by atoms with E-state index in [1.54, 1.807) is 0 Å². The van der Waals surface area contributed by atoms with E-state index in [-0.39, 0.29) is 43.7 Å². The van der Waals surface area contributed by atoms with Crippen LogP contribution in [0.1, 0.15) is 90.9 Å². The topological polar surface area (TPSA) is 26.3 Å². The molecule has 3 heteroatoms. The van der Waals surface area contributed by atoms with E-state index in [0.29, 0.717) is 6.61 Å². The Hall–Kier alpha value is 0.730. The van der Waals surface area contributed by atoms with Gasteiger partial charge >= 0.3 is 43.7 Å². The molecule has 0 N–H and O–H groups in total. The summed E-state index contributed by atoms with van der Waals surface area (Å²) in [7, 11) is 0. The first kappa shape index (κ1) is 22.0. The molecule has 0 atom stereocenters. The van der Waals surface area contributed by atoms with Crippen molar-refractivity contribution in [1.29, 1.82) is 0 Å². The number of carbonyl (C=O) groups is 1. The first-order valence-corrected chi connectivity index (χ1v) is 7.90. The number of rotatable bonds is 13. The molecule has 0 saturated carbocycles. The van der Waals surface area contributed by atoms with Gasteiger partial charge in [0.25, 0.3) is 0 Å². The van der Waals surface area contributed by atoms with E-state index in [9.17, 15) is 4.79 Å². The van der Waals surface area contributed by atoms with Crippen molar-refractivity contribution < 1.29 is 9.53 Å². The van der Waals surface area contributed by atoms with Crippen molar-refractivity contribution in [1.82, 2.24) is 0 Å². The number of unbranched alkanes of at least 4 members (excludes halogenated alkanes) is 11. The Morgan fingerprint density at radius 1 is 0.737 bits per heavy atom. The van der Waals surface area contributed by atoms with Crippen LogP contribution in [0.3, 0.4) is 0 Å². The third-order valence-electron chi connectivity index (χ3n) is 3.30. The molecule has 0 heterocycles. The Bertz CT molecular complexity index is 184. The van der Waals surface area contributed by atoms with Crippen molar-refractivity contribution in [2.45, 2.75) is 90.9 Å². The second-order valence-corrected chi connectivity index (χ2v) is 5.23. The molecule has 0 unspecified atom stereocenters. The van der Waals surface area contributed by atoms with Gasteiger partial charge in [0.05, 0.1) is 6.61 Å². The van der Waals surface area contributed by atoms with Crippen LogP contribution in [0.2, 0.25) is 0 Å². The van der Waals surface area contributed by atoms with Gasteiger partial charge in [-0.25, -0.2) is 0 Å². The predicted octanol–water partition coefficient (Wildman–Crippen LogP) is 4.33. The average Bonchev–Trinajstić information content (AvgIpc) is 2.34. The maximum atomic E-state index is 10.5. The van der Waals surface area contributed by atoms with E-state index >= 15 is 0 Å². The second-order valence-electron chi connectivity index (χ2n) is 5.23. The number of carbonyl (C=O) groups excluding carboxylic acids is 1. The molecule has 0 aromatic rings. The van der Waals surface area contributed by atoms with Gasteiger partial charge in [-0.05, 0) is 6.42 Å². The molecule has 0 aromatic heterocycles. The first-order valence-electron chi connectivity index (χ1n) is 7.90. The predicted molar refractivity (Wildman–Crippen MR) is 86.3 cm³/mol. The van der Waals surface area contributed by atoms with Gasteiger partial charge in [-0.15, -0.1) is 0 Å². The third-order valence-corrected chi connectivity index (χ3v) is 3.30. The van der Waals surface area contributed by atoms with E-state index in [2.05, 4.69) is 6.92 Å². The summed E-state index contributed by atoms with van der Waals surface area (Å²) in [6.45, 7) is 4.34. The van der Waals surface area contributed by atoms with Crippen LogP contribution < -0.4 is 0 Å². The summed E-state index contributed by atoms with van der Waals surface area (Å²) >= 11 is 0. The summed E-state index contributed by atoms with van der Waals surface area (Å²) in [6.07, 6.45) is 16.1. The van der Waals surface area contributed by atoms with Gasteiger partial charge in [0, 0.05) is 6.92 Å². The van der Waals surface area contributed by atoms with Gasteiger partial charge in [0.1, 0.15) is 0 Å². The normalized spacial score (nSPS) is 10.0. The van der Waals surface area contributed by atoms with Crippen molar-refractivity contribution in [2.75, 3.05) is 6.61 Å². The van der Waals surface area contributed by atoms with Crippen molar-refractivity contribution in [3.8, 4) is 0 Å². The van der Waals surface area contributed by atoms with Gasteiger partial charge in [-0.1, -0.05) is 77.6 Å². The van der Waals surface area contributed by atoms with Crippen LogP contribution in [0.15, 0.2) is 0 Å². The Morgan fingerprint density at radius 3 is 1.47 bits per heavy atom. The molecule has 0 aliphatic carbocycles. The first-order chi connectivity index (χ1) is 8.77. The van der Waals surface area contributed by atoms with Crippen molar-refractivity contribution >= 4 is 43.7 Å². The molecule has 0 spiro atoms. The van der Waals surface area contributed by atoms with Gasteiger partial charge in [0.2, 0.25) is 0 Å². The molecule has 0 radical (unpaired) electrons. The van der Waals surface area contributed by atoms with Crippen LogP contribution in [0.4, 0.5) is 0 Å². The second kappa shape index (κ2) is 18.7. The number of ether oxygens (including phenoxy) is 1. The third kappa shape index (κ3) is 21.2. The summed E-state index contributed by atoms with van der Waals surface area (Å²) in [5.41, 5.74) is 0. The molecule has 19 heavy (non-hydrogen) atoms. The number of esters is 1. The molecular formula is C16H34CaO2. The minimum atomic E-state index is -0.155. The van der Waals surface area contributed by atoms with E-state index < -0.39 is 0 Å². The van der Waals surface area contributed by atoms with Crippen molar-refractivity contribution in [3.63, 3.8) is 0 Å². The van der Waals surface area contributed by atoms with Gasteiger partial charge < -0.3 is 4.74 Å². The maximum absolute atomic E-state index is 10.5. The molecule has 0 aliphatic heterocycles. The fraction of sp³-hybridized carbons (Fsp3) is 0.938. The van der Waals surface area contributed by atoms with Crippen molar-refractivity contribution in [3.05, 3.63) is 0 Å². The van der Waals surface area contributed by atoms with E-state index in [4.69, 9.17) is 4.74 Å². The molecular weight excluding hydrogens is 264 g/mol. The molecule has 0 saturated heterocycles. The zero-order chi connectivity index (χ0) is 13.5. The summed E-state index contributed by atoms with van der Waals surface area (Å²) < 4.78 is 4.89. The SMILES string of the molecule is CCCCCCCCCCCCCCOC(C)=O.[CaH2]. The molecule has 0 amide bonds. The Balaban J connectivity index is 0. The van der Waals surface area contributed by atoms with Crippen molar-refractivity contribution in [2.24, 2.45) is 0 Å². The van der Waals surface area contributed by atoms with Crippen LogP contribution in [0.5, 0.6) is 0 Å². The number of hydrogen-bond acceptors (Lipinski definition) is 2. The summed E-state index contributed by atoms with van der Waals surface area (Å²) in [4.78, 5) is 10.5. The van der Waals surface area contributed by atoms with Crippen LogP contribution in [0, 0.1) is 0 Å². The standard InChI is InChI=1S/C16H32O2.Ca.2H/c1-3-4-5-6-7-8-9-10-11-12-13-14-15-18-16(2)17;;;/h3-15H2,1-2H3;;;. The molecule has 2 nitrogen and oxygen atoms in total. The van der Waals surface area contributed by atoms with Crippen LogP contribution in [-0.4, -0.2) is 50.3 Å². The summed E-state index contributed by atoms with van der Waals surface area (Å²) in [5, 5.41) is 0. The zero-order valence-corrected chi connectivity index (χ0v) is 12.5. The number of hydrogen-bond donors (Lipinski definition) is 0. The van der Waals surface area contributed by atoms with Gasteiger partial charge in [0.15, 0.2) is 0 Å². The fourth-order valence-corrected chi connectivity index (χ4v) is 2.16. The summed E-state index contributed by atoms with van der Waals surface area (Å²) in [5.74, 6) is -0.155. The average molecular weight is 299 g/mol.